The molecule has 0 radical (unpaired) electrons. The summed E-state index contributed by atoms with van der Waals surface area (Å²) in [5.41, 5.74) is -0.663. The Bertz CT molecular complexity index is 623. The Kier molecular flexibility index (Phi) is 4.04. The molecule has 0 unspecified atom stereocenters. The molecule has 0 aliphatic heterocycles. The van der Waals surface area contributed by atoms with Crippen LogP contribution in [0.25, 0.3) is 0 Å². The molecule has 3 N–H and O–H groups in total. The lowest BCUT2D eigenvalue weighted by Crippen LogP contribution is -2.45. The fourth-order valence-electron chi connectivity index (χ4n) is 3.10. The predicted octanol–water partition coefficient (Wildman–Crippen LogP) is 1.32. The number of aliphatic hydroxyl groups excluding tert-OH is 1. The third-order valence-corrected chi connectivity index (χ3v) is 4.96. The summed E-state index contributed by atoms with van der Waals surface area (Å²) in [6.07, 6.45) is 6.78. The number of rotatable bonds is 4. The standard InChI is InChI=1S/C16H23N3O3/c1-16(7-3-2-4-12(16)20)9-18-14(21)11-8-17-13(10-5-6-10)19-15(11)22/h8,10,12,20H,2-7,9H2,1H3,(H,18,21)(H,17,19,22)/t12-,16+/m1/s1. The molecule has 0 spiro atoms. The van der Waals surface area contributed by atoms with E-state index < -0.39 is 12.0 Å². The van der Waals surface area contributed by atoms with Crippen molar-refractivity contribution in [2.45, 2.75) is 57.5 Å². The van der Waals surface area contributed by atoms with E-state index in [1.54, 1.807) is 0 Å². The van der Waals surface area contributed by atoms with Crippen LogP contribution in [0.5, 0.6) is 0 Å². The number of hydrogen-bond donors (Lipinski definition) is 3. The molecule has 0 bridgehead atoms. The summed E-state index contributed by atoms with van der Waals surface area (Å²) in [7, 11) is 0. The molecule has 1 aromatic rings. The SMILES string of the molecule is C[C@@]1(CNC(=O)c2cnc(C3CC3)[nH]c2=O)CCCC[C@H]1O. The monoisotopic (exact) mass is 305 g/mol. The maximum absolute atomic E-state index is 12.2. The van der Waals surface area contributed by atoms with E-state index in [9.17, 15) is 14.7 Å². The van der Waals surface area contributed by atoms with Crippen molar-refractivity contribution >= 4 is 5.91 Å². The molecule has 2 saturated carbocycles. The van der Waals surface area contributed by atoms with Crippen molar-refractivity contribution in [3.63, 3.8) is 0 Å². The summed E-state index contributed by atoms with van der Waals surface area (Å²) in [6.45, 7) is 2.35. The minimum Gasteiger partial charge on any atom is -0.392 e. The van der Waals surface area contributed by atoms with Crippen molar-refractivity contribution in [2.75, 3.05) is 6.54 Å². The number of hydrogen-bond acceptors (Lipinski definition) is 4. The Balaban J connectivity index is 1.65. The maximum Gasteiger partial charge on any atom is 0.263 e. The van der Waals surface area contributed by atoms with Crippen molar-refractivity contribution in [2.24, 2.45) is 5.41 Å². The molecule has 2 atom stereocenters. The van der Waals surface area contributed by atoms with E-state index in [0.29, 0.717) is 18.3 Å². The minimum atomic E-state index is -0.421. The van der Waals surface area contributed by atoms with Crippen molar-refractivity contribution in [3.8, 4) is 0 Å². The topological polar surface area (TPSA) is 95.1 Å². The van der Waals surface area contributed by atoms with Gasteiger partial charge in [0.1, 0.15) is 11.4 Å². The lowest BCUT2D eigenvalue weighted by atomic mass is 9.73. The van der Waals surface area contributed by atoms with Gasteiger partial charge in [0.2, 0.25) is 0 Å². The largest absolute Gasteiger partial charge is 0.392 e. The highest BCUT2D eigenvalue weighted by Crippen LogP contribution is 2.37. The molecule has 0 saturated heterocycles. The molecular weight excluding hydrogens is 282 g/mol. The van der Waals surface area contributed by atoms with Crippen LogP contribution >= 0.6 is 0 Å². The van der Waals surface area contributed by atoms with E-state index in [0.717, 1.165) is 38.5 Å². The summed E-state index contributed by atoms with van der Waals surface area (Å²) >= 11 is 0. The molecule has 0 aromatic carbocycles. The van der Waals surface area contributed by atoms with Crippen LogP contribution in [-0.4, -0.2) is 33.6 Å². The number of aromatic amines is 1. The van der Waals surface area contributed by atoms with Gasteiger partial charge in [-0.25, -0.2) is 4.98 Å². The van der Waals surface area contributed by atoms with E-state index in [4.69, 9.17) is 0 Å². The number of carbonyl (C=O) groups excluding carboxylic acids is 1. The second-order valence-corrected chi connectivity index (χ2v) is 6.88. The van der Waals surface area contributed by atoms with Crippen LogP contribution < -0.4 is 10.9 Å². The number of aromatic nitrogens is 2. The van der Waals surface area contributed by atoms with Crippen molar-refractivity contribution in [1.82, 2.24) is 15.3 Å². The van der Waals surface area contributed by atoms with Gasteiger partial charge >= 0.3 is 0 Å². The number of nitrogens with one attached hydrogen (secondary N) is 2. The van der Waals surface area contributed by atoms with Crippen LogP contribution in [0, 0.1) is 5.41 Å². The van der Waals surface area contributed by atoms with Gasteiger partial charge in [0.25, 0.3) is 11.5 Å². The van der Waals surface area contributed by atoms with Crippen LogP contribution in [0.15, 0.2) is 11.0 Å². The Labute approximate surface area is 129 Å². The molecule has 2 aliphatic carbocycles. The van der Waals surface area contributed by atoms with Gasteiger partial charge < -0.3 is 15.4 Å². The van der Waals surface area contributed by atoms with E-state index in [-0.39, 0.29) is 16.5 Å². The van der Waals surface area contributed by atoms with Crippen LogP contribution in [0.3, 0.4) is 0 Å². The van der Waals surface area contributed by atoms with Gasteiger partial charge in [0.15, 0.2) is 0 Å². The zero-order chi connectivity index (χ0) is 15.7. The first-order valence-corrected chi connectivity index (χ1v) is 8.05. The summed E-state index contributed by atoms with van der Waals surface area (Å²) in [4.78, 5) is 31.1. The van der Waals surface area contributed by atoms with Crippen LogP contribution in [0.4, 0.5) is 0 Å². The van der Waals surface area contributed by atoms with Gasteiger partial charge in [-0.2, -0.15) is 0 Å². The summed E-state index contributed by atoms with van der Waals surface area (Å²) in [5, 5.41) is 12.9. The molecule has 6 nitrogen and oxygen atoms in total. The van der Waals surface area contributed by atoms with Crippen LogP contribution in [0.1, 0.15) is 67.5 Å². The smallest absolute Gasteiger partial charge is 0.263 e. The third-order valence-electron chi connectivity index (χ3n) is 4.96. The zero-order valence-corrected chi connectivity index (χ0v) is 12.9. The van der Waals surface area contributed by atoms with Crippen molar-refractivity contribution < 1.29 is 9.90 Å². The summed E-state index contributed by atoms with van der Waals surface area (Å²) in [6, 6.07) is 0. The number of carbonyl (C=O) groups is 1. The quantitative estimate of drug-likeness (QED) is 0.782. The third kappa shape index (κ3) is 3.06. The molecule has 2 aliphatic rings. The molecule has 1 amide bonds. The van der Waals surface area contributed by atoms with Gasteiger partial charge in [-0.3, -0.25) is 9.59 Å². The average molecular weight is 305 g/mol. The molecule has 6 heteroatoms. The fraction of sp³-hybridized carbons (Fsp3) is 0.688. The molecule has 2 fully saturated rings. The van der Waals surface area contributed by atoms with E-state index in [1.165, 1.54) is 6.20 Å². The number of H-pyrrole nitrogens is 1. The van der Waals surface area contributed by atoms with E-state index >= 15 is 0 Å². The van der Waals surface area contributed by atoms with Crippen molar-refractivity contribution in [1.29, 1.82) is 0 Å². The Morgan fingerprint density at radius 3 is 2.86 bits per heavy atom. The van der Waals surface area contributed by atoms with E-state index in [1.807, 2.05) is 6.92 Å². The molecule has 1 heterocycles. The van der Waals surface area contributed by atoms with Gasteiger partial charge in [0, 0.05) is 24.1 Å². The van der Waals surface area contributed by atoms with Crippen LogP contribution in [-0.2, 0) is 0 Å². The first-order valence-electron chi connectivity index (χ1n) is 8.05. The van der Waals surface area contributed by atoms with Gasteiger partial charge in [-0.1, -0.05) is 19.8 Å². The summed E-state index contributed by atoms with van der Waals surface area (Å²) < 4.78 is 0. The summed E-state index contributed by atoms with van der Waals surface area (Å²) in [5.74, 6) is 0.604. The lowest BCUT2D eigenvalue weighted by Gasteiger charge is -2.38. The van der Waals surface area contributed by atoms with Crippen LogP contribution in [0.2, 0.25) is 0 Å². The number of amides is 1. The van der Waals surface area contributed by atoms with Gasteiger partial charge in [-0.05, 0) is 25.7 Å². The highest BCUT2D eigenvalue weighted by molar-refractivity contribution is 5.93. The molecule has 22 heavy (non-hydrogen) atoms. The fourth-order valence-corrected chi connectivity index (χ4v) is 3.10. The zero-order valence-electron chi connectivity index (χ0n) is 12.9. The first kappa shape index (κ1) is 15.2. The molecule has 3 rings (SSSR count). The number of nitrogens with zero attached hydrogens (tertiary/aromatic N) is 1. The lowest BCUT2D eigenvalue weighted by molar-refractivity contribution is 0.00189. The molecule has 120 valence electrons. The molecule has 1 aromatic heterocycles. The minimum absolute atomic E-state index is 0.0401. The Morgan fingerprint density at radius 2 is 2.23 bits per heavy atom. The van der Waals surface area contributed by atoms with Gasteiger partial charge in [0.05, 0.1) is 6.10 Å². The van der Waals surface area contributed by atoms with Gasteiger partial charge in [-0.15, -0.1) is 0 Å². The second-order valence-electron chi connectivity index (χ2n) is 6.88. The molecular formula is C16H23N3O3. The highest BCUT2D eigenvalue weighted by Gasteiger charge is 2.35. The maximum atomic E-state index is 12.2. The highest BCUT2D eigenvalue weighted by atomic mass is 16.3. The second kappa shape index (κ2) is 5.83. The normalized spacial score (nSPS) is 28.4. The predicted molar refractivity (Wildman–Crippen MR) is 81.7 cm³/mol. The number of aliphatic hydroxyl groups is 1. The average Bonchev–Trinajstić information content (AvgIpc) is 3.33. The Morgan fingerprint density at radius 1 is 1.45 bits per heavy atom. The van der Waals surface area contributed by atoms with Crippen molar-refractivity contribution in [3.05, 3.63) is 27.9 Å². The van der Waals surface area contributed by atoms with E-state index in [2.05, 4.69) is 15.3 Å². The first-order chi connectivity index (χ1) is 10.5. The Hall–Kier alpha value is -1.69.